The van der Waals surface area contributed by atoms with E-state index < -0.39 is 74.7 Å². The maximum absolute atomic E-state index is 13.6. The Morgan fingerprint density at radius 1 is 0.552 bits per heavy atom. The summed E-state index contributed by atoms with van der Waals surface area (Å²) >= 11 is -1.03. The molecule has 2 unspecified atom stereocenters. The van der Waals surface area contributed by atoms with Crippen LogP contribution in [0.5, 0.6) is 0 Å². The summed E-state index contributed by atoms with van der Waals surface area (Å²) in [5.74, 6) is -12.1. The maximum Gasteiger partial charge on any atom is 0.458 e. The van der Waals surface area contributed by atoms with Crippen molar-refractivity contribution in [3.63, 3.8) is 0 Å². The zero-order chi connectivity index (χ0) is 24.1. The quantitative estimate of drug-likeness (QED) is 0.185. The molecule has 0 aromatic carbocycles. The second-order valence-electron chi connectivity index (χ2n) is 4.49. The molecule has 2 nitrogen and oxygen atoms in total. The van der Waals surface area contributed by atoms with Gasteiger partial charge in [-0.1, -0.05) is 0 Å². The summed E-state index contributed by atoms with van der Waals surface area (Å²) in [5, 5.41) is 0. The molecule has 174 valence electrons. The van der Waals surface area contributed by atoms with Crippen LogP contribution >= 0.6 is 22.6 Å². The molecule has 29 heavy (non-hydrogen) atoms. The van der Waals surface area contributed by atoms with Crippen molar-refractivity contribution < 1.29 is 84.1 Å². The van der Waals surface area contributed by atoms with Crippen LogP contribution in [0.2, 0.25) is 0 Å². The third-order valence-electron chi connectivity index (χ3n) is 2.41. The van der Waals surface area contributed by atoms with Crippen molar-refractivity contribution >= 4 is 22.6 Å². The molecule has 0 saturated carbocycles. The van der Waals surface area contributed by atoms with E-state index in [0.29, 0.717) is 0 Å². The Kier molecular flexibility index (Phi) is 7.50. The molecule has 0 aliphatic rings. The van der Waals surface area contributed by atoms with Gasteiger partial charge in [-0.2, -0.15) is 70.2 Å². The molecule has 0 bridgehead atoms. The van der Waals surface area contributed by atoms with Crippen molar-refractivity contribution in [2.24, 2.45) is 0 Å². The first-order valence-corrected chi connectivity index (χ1v) is 6.80. The standard InChI is InChI=1S/C9F17IO2/c10-1(2(11)12)3(13,14)28-9(25,26)5(16,7(20,21)22)29-8(23,24)4(15,27)6(17,18)19. The molecule has 0 N–H and O–H groups in total. The number of hydrogen-bond acceptors (Lipinski definition) is 2. The lowest BCUT2D eigenvalue weighted by molar-refractivity contribution is -0.532. The molecular weight excluding hydrogens is 590 g/mol. The van der Waals surface area contributed by atoms with E-state index in [9.17, 15) is 74.6 Å². The summed E-state index contributed by atoms with van der Waals surface area (Å²) in [6, 6.07) is 0. The number of rotatable bonds is 7. The Hall–Kier alpha value is -0.800. The number of hydrogen-bond donors (Lipinski definition) is 0. The molecule has 0 spiro atoms. The Labute approximate surface area is 159 Å². The summed E-state index contributed by atoms with van der Waals surface area (Å²) in [6.45, 7) is 0. The van der Waals surface area contributed by atoms with Crippen molar-refractivity contribution in [1.29, 1.82) is 0 Å². The molecule has 0 rings (SSSR count). The van der Waals surface area contributed by atoms with Crippen molar-refractivity contribution in [3.05, 3.63) is 11.9 Å². The van der Waals surface area contributed by atoms with Crippen LogP contribution < -0.4 is 0 Å². The Morgan fingerprint density at radius 3 is 1.21 bits per heavy atom. The highest BCUT2D eigenvalue weighted by atomic mass is 127. The van der Waals surface area contributed by atoms with Gasteiger partial charge in [0.15, 0.2) is 0 Å². The van der Waals surface area contributed by atoms with Gasteiger partial charge in [0.05, 0.1) is 0 Å². The average Bonchev–Trinajstić information content (AvgIpc) is 2.41. The Balaban J connectivity index is 6.45. The second kappa shape index (κ2) is 7.71. The van der Waals surface area contributed by atoms with Crippen LogP contribution in [0.25, 0.3) is 0 Å². The molecular formula is C9F17IO2. The van der Waals surface area contributed by atoms with E-state index in [4.69, 9.17) is 0 Å². The van der Waals surface area contributed by atoms with E-state index in [2.05, 4.69) is 0 Å². The molecule has 0 saturated heterocycles. The van der Waals surface area contributed by atoms with E-state index in [1.165, 1.54) is 0 Å². The van der Waals surface area contributed by atoms with E-state index in [0.717, 1.165) is 0 Å². The van der Waals surface area contributed by atoms with E-state index >= 15 is 0 Å². The van der Waals surface area contributed by atoms with Crippen LogP contribution in [0.4, 0.5) is 74.6 Å². The molecule has 0 fully saturated rings. The molecule has 0 heterocycles. The fourth-order valence-electron chi connectivity index (χ4n) is 1.07. The summed E-state index contributed by atoms with van der Waals surface area (Å²) in [7, 11) is 0. The minimum atomic E-state index is -7.74. The molecule has 0 aromatic rings. The first-order chi connectivity index (χ1) is 12.3. The molecule has 2 atom stereocenters. The Morgan fingerprint density at radius 2 is 0.931 bits per heavy atom. The first-order valence-electron chi connectivity index (χ1n) is 5.72. The minimum absolute atomic E-state index is 1.03. The van der Waals surface area contributed by atoms with Gasteiger partial charge >= 0.3 is 46.3 Å². The third-order valence-corrected chi connectivity index (χ3v) is 3.65. The van der Waals surface area contributed by atoms with Gasteiger partial charge in [0.1, 0.15) is 0 Å². The molecule has 0 aliphatic carbocycles. The summed E-state index contributed by atoms with van der Waals surface area (Å²) < 4.78 is 211. The van der Waals surface area contributed by atoms with Gasteiger partial charge in [-0.15, -0.1) is 0 Å². The average molecular weight is 590 g/mol. The molecule has 0 aliphatic heterocycles. The van der Waals surface area contributed by atoms with Crippen molar-refractivity contribution in [2.45, 2.75) is 40.2 Å². The lowest BCUT2D eigenvalue weighted by Gasteiger charge is -2.39. The monoisotopic (exact) mass is 590 g/mol. The van der Waals surface area contributed by atoms with Gasteiger partial charge in [0, 0.05) is 0 Å². The maximum atomic E-state index is 13.6. The number of ether oxygens (including phenoxy) is 2. The summed E-state index contributed by atoms with van der Waals surface area (Å²) in [5.41, 5.74) is 0. The van der Waals surface area contributed by atoms with Crippen LogP contribution in [0, 0.1) is 0 Å². The zero-order valence-corrected chi connectivity index (χ0v) is 14.3. The van der Waals surface area contributed by atoms with Gasteiger partial charge in [-0.3, -0.25) is 4.74 Å². The predicted octanol–water partition coefficient (Wildman–Crippen LogP) is 6.77. The van der Waals surface area contributed by atoms with Crippen molar-refractivity contribution in [1.82, 2.24) is 0 Å². The fourth-order valence-corrected chi connectivity index (χ4v) is 1.18. The Bertz CT molecular complexity index is 630. The van der Waals surface area contributed by atoms with Gasteiger partial charge in [0.2, 0.25) is 0 Å². The third kappa shape index (κ3) is 5.28. The fraction of sp³-hybridized carbons (Fsp3) is 0.778. The lowest BCUT2D eigenvalue weighted by atomic mass is 10.2. The molecule has 20 heteroatoms. The van der Waals surface area contributed by atoms with Crippen LogP contribution in [0.1, 0.15) is 0 Å². The first kappa shape index (κ1) is 28.2. The van der Waals surface area contributed by atoms with Gasteiger partial charge in [-0.25, -0.2) is 9.13 Å². The number of alkyl halides is 15. The highest BCUT2D eigenvalue weighted by molar-refractivity contribution is 14.1. The van der Waals surface area contributed by atoms with Crippen LogP contribution in [0.15, 0.2) is 11.9 Å². The normalized spacial score (nSPS) is 18.8. The van der Waals surface area contributed by atoms with Crippen molar-refractivity contribution in [2.75, 3.05) is 0 Å². The van der Waals surface area contributed by atoms with Crippen LogP contribution in [-0.4, -0.2) is 40.2 Å². The SMILES string of the molecule is FC(F)=C(F)C(F)(F)OC(F)(F)C(F)(OC(F)(F)C(F)(I)C(F)(F)F)C(F)(F)F. The highest BCUT2D eigenvalue weighted by Gasteiger charge is 2.83. The molecule has 0 radical (unpaired) electrons. The van der Waals surface area contributed by atoms with E-state index in [-0.39, 0.29) is 0 Å². The summed E-state index contributed by atoms with van der Waals surface area (Å²) in [4.78, 5) is 0. The molecule has 0 aromatic heterocycles. The van der Waals surface area contributed by atoms with Crippen molar-refractivity contribution in [3.8, 4) is 0 Å². The number of halogens is 18. The summed E-state index contributed by atoms with van der Waals surface area (Å²) in [6.07, 6.45) is -40.6. The van der Waals surface area contributed by atoms with E-state index in [1.807, 2.05) is 0 Å². The minimum Gasteiger partial charge on any atom is -0.264 e. The largest absolute Gasteiger partial charge is 0.458 e. The lowest BCUT2D eigenvalue weighted by Crippen LogP contribution is -2.65. The molecule has 0 amide bonds. The van der Waals surface area contributed by atoms with Gasteiger partial charge in [0.25, 0.3) is 5.83 Å². The zero-order valence-electron chi connectivity index (χ0n) is 12.1. The highest BCUT2D eigenvalue weighted by Crippen LogP contribution is 2.57. The topological polar surface area (TPSA) is 18.5 Å². The van der Waals surface area contributed by atoms with Gasteiger partial charge in [-0.05, 0) is 22.6 Å². The van der Waals surface area contributed by atoms with E-state index in [1.54, 1.807) is 9.47 Å². The van der Waals surface area contributed by atoms with Crippen LogP contribution in [0.3, 0.4) is 0 Å². The second-order valence-corrected chi connectivity index (χ2v) is 5.98. The smallest absolute Gasteiger partial charge is 0.264 e. The van der Waals surface area contributed by atoms with Crippen LogP contribution in [-0.2, 0) is 9.47 Å². The van der Waals surface area contributed by atoms with Gasteiger partial charge < -0.3 is 0 Å². The predicted molar refractivity (Wildman–Crippen MR) is 61.2 cm³/mol.